The molecule has 18 heavy (non-hydrogen) atoms. The topological polar surface area (TPSA) is 73.2 Å². The van der Waals surface area contributed by atoms with Gasteiger partial charge in [-0.1, -0.05) is 0 Å². The SMILES string of the molecule is COc1ccc(OC)c(-c2cc(CCN)[nH]n2)c1. The molecule has 0 aliphatic rings. The summed E-state index contributed by atoms with van der Waals surface area (Å²) in [5.41, 5.74) is 8.26. The van der Waals surface area contributed by atoms with E-state index in [-0.39, 0.29) is 0 Å². The quantitative estimate of drug-likeness (QED) is 0.841. The second kappa shape index (κ2) is 5.55. The van der Waals surface area contributed by atoms with Crippen molar-refractivity contribution in [3.8, 4) is 22.8 Å². The van der Waals surface area contributed by atoms with E-state index in [2.05, 4.69) is 10.2 Å². The van der Waals surface area contributed by atoms with E-state index in [1.807, 2.05) is 24.3 Å². The number of aromatic nitrogens is 2. The average Bonchev–Trinajstić information content (AvgIpc) is 2.87. The molecular weight excluding hydrogens is 230 g/mol. The Labute approximate surface area is 106 Å². The van der Waals surface area contributed by atoms with Gasteiger partial charge in [-0.2, -0.15) is 5.10 Å². The van der Waals surface area contributed by atoms with Crippen molar-refractivity contribution < 1.29 is 9.47 Å². The molecule has 0 aliphatic carbocycles. The largest absolute Gasteiger partial charge is 0.497 e. The molecule has 1 aromatic carbocycles. The Hall–Kier alpha value is -2.01. The fraction of sp³-hybridized carbons (Fsp3) is 0.308. The third-order valence-corrected chi connectivity index (χ3v) is 2.73. The number of ether oxygens (including phenoxy) is 2. The maximum atomic E-state index is 5.52. The highest BCUT2D eigenvalue weighted by Crippen LogP contribution is 2.32. The first-order chi connectivity index (χ1) is 8.78. The lowest BCUT2D eigenvalue weighted by Gasteiger charge is -2.08. The second-order valence-electron chi connectivity index (χ2n) is 3.88. The van der Waals surface area contributed by atoms with Crippen LogP contribution in [0.25, 0.3) is 11.3 Å². The molecule has 3 N–H and O–H groups in total. The summed E-state index contributed by atoms with van der Waals surface area (Å²) < 4.78 is 10.6. The molecule has 5 nitrogen and oxygen atoms in total. The fourth-order valence-corrected chi connectivity index (χ4v) is 1.80. The summed E-state index contributed by atoms with van der Waals surface area (Å²) in [6, 6.07) is 7.60. The van der Waals surface area contributed by atoms with E-state index in [9.17, 15) is 0 Å². The molecule has 5 heteroatoms. The minimum atomic E-state index is 0.594. The molecule has 0 unspecified atom stereocenters. The van der Waals surface area contributed by atoms with Crippen LogP contribution >= 0.6 is 0 Å². The molecule has 1 aromatic heterocycles. The standard InChI is InChI=1S/C13H17N3O2/c1-17-10-3-4-13(18-2)11(8-10)12-7-9(5-6-14)15-16-12/h3-4,7-8H,5-6,14H2,1-2H3,(H,15,16). The van der Waals surface area contributed by atoms with Crippen LogP contribution in [0, 0.1) is 0 Å². The lowest BCUT2D eigenvalue weighted by Crippen LogP contribution is -2.02. The van der Waals surface area contributed by atoms with E-state index in [1.165, 1.54) is 0 Å². The molecule has 0 atom stereocenters. The van der Waals surface area contributed by atoms with Crippen LogP contribution in [-0.4, -0.2) is 31.0 Å². The van der Waals surface area contributed by atoms with E-state index >= 15 is 0 Å². The summed E-state index contributed by atoms with van der Waals surface area (Å²) >= 11 is 0. The zero-order chi connectivity index (χ0) is 13.0. The number of H-pyrrole nitrogens is 1. The van der Waals surface area contributed by atoms with Gasteiger partial charge in [-0.3, -0.25) is 5.10 Å². The molecule has 1 heterocycles. The molecule has 2 aromatic rings. The molecule has 0 radical (unpaired) electrons. The summed E-state index contributed by atoms with van der Waals surface area (Å²) in [4.78, 5) is 0. The van der Waals surface area contributed by atoms with Gasteiger partial charge in [-0.25, -0.2) is 0 Å². The Kier molecular flexibility index (Phi) is 3.84. The van der Waals surface area contributed by atoms with Crippen LogP contribution < -0.4 is 15.2 Å². The van der Waals surface area contributed by atoms with E-state index < -0.39 is 0 Å². The molecule has 0 bridgehead atoms. The summed E-state index contributed by atoms with van der Waals surface area (Å²) in [5, 5.41) is 7.24. The number of nitrogens with one attached hydrogen (secondary N) is 1. The number of hydrogen-bond acceptors (Lipinski definition) is 4. The number of benzene rings is 1. The first-order valence-corrected chi connectivity index (χ1v) is 5.75. The first-order valence-electron chi connectivity index (χ1n) is 5.75. The van der Waals surface area contributed by atoms with Crippen molar-refractivity contribution in [2.75, 3.05) is 20.8 Å². The highest BCUT2D eigenvalue weighted by Gasteiger charge is 2.11. The Balaban J connectivity index is 2.40. The van der Waals surface area contributed by atoms with Crippen LogP contribution in [0.5, 0.6) is 11.5 Å². The summed E-state index contributed by atoms with van der Waals surface area (Å²) in [6.07, 6.45) is 0.777. The highest BCUT2D eigenvalue weighted by atomic mass is 16.5. The van der Waals surface area contributed by atoms with E-state index in [0.29, 0.717) is 6.54 Å². The van der Waals surface area contributed by atoms with Gasteiger partial charge in [0.25, 0.3) is 0 Å². The van der Waals surface area contributed by atoms with Crippen LogP contribution in [0.4, 0.5) is 0 Å². The number of rotatable bonds is 5. The van der Waals surface area contributed by atoms with Crippen LogP contribution in [0.1, 0.15) is 5.69 Å². The third kappa shape index (κ3) is 2.46. The van der Waals surface area contributed by atoms with Gasteiger partial charge in [0.2, 0.25) is 0 Å². The summed E-state index contributed by atoms with van der Waals surface area (Å²) in [6.45, 7) is 0.594. The molecule has 0 saturated heterocycles. The lowest BCUT2D eigenvalue weighted by atomic mass is 10.1. The van der Waals surface area contributed by atoms with Crippen molar-refractivity contribution in [1.29, 1.82) is 0 Å². The van der Waals surface area contributed by atoms with Crippen molar-refractivity contribution in [2.45, 2.75) is 6.42 Å². The van der Waals surface area contributed by atoms with Gasteiger partial charge >= 0.3 is 0 Å². The van der Waals surface area contributed by atoms with Crippen molar-refractivity contribution in [2.24, 2.45) is 5.73 Å². The van der Waals surface area contributed by atoms with Gasteiger partial charge in [-0.15, -0.1) is 0 Å². The average molecular weight is 247 g/mol. The van der Waals surface area contributed by atoms with Gasteiger partial charge in [0.05, 0.1) is 19.9 Å². The Morgan fingerprint density at radius 3 is 2.72 bits per heavy atom. The molecule has 96 valence electrons. The van der Waals surface area contributed by atoms with Gasteiger partial charge in [0, 0.05) is 17.7 Å². The Bertz CT molecular complexity index is 523. The summed E-state index contributed by atoms with van der Waals surface area (Å²) in [7, 11) is 3.27. The monoisotopic (exact) mass is 247 g/mol. The molecule has 2 rings (SSSR count). The number of hydrogen-bond donors (Lipinski definition) is 2. The first kappa shape index (κ1) is 12.4. The number of aromatic amines is 1. The van der Waals surface area contributed by atoms with Gasteiger partial charge in [0.15, 0.2) is 0 Å². The maximum absolute atomic E-state index is 5.52. The smallest absolute Gasteiger partial charge is 0.128 e. The third-order valence-electron chi connectivity index (χ3n) is 2.73. The Morgan fingerprint density at radius 2 is 2.06 bits per heavy atom. The predicted octanol–water partition coefficient (Wildman–Crippen LogP) is 1.60. The van der Waals surface area contributed by atoms with Gasteiger partial charge in [-0.05, 0) is 30.8 Å². The molecule has 0 spiro atoms. The number of nitrogens with zero attached hydrogens (tertiary/aromatic N) is 1. The van der Waals surface area contributed by atoms with Crippen molar-refractivity contribution in [3.05, 3.63) is 30.0 Å². The highest BCUT2D eigenvalue weighted by molar-refractivity contribution is 5.69. The van der Waals surface area contributed by atoms with Crippen molar-refractivity contribution in [3.63, 3.8) is 0 Å². The molecular formula is C13H17N3O2. The Morgan fingerprint density at radius 1 is 1.22 bits per heavy atom. The normalized spacial score (nSPS) is 10.4. The van der Waals surface area contributed by atoms with E-state index in [0.717, 1.165) is 34.9 Å². The zero-order valence-electron chi connectivity index (χ0n) is 10.6. The minimum Gasteiger partial charge on any atom is -0.497 e. The van der Waals surface area contributed by atoms with Crippen LogP contribution in [0.3, 0.4) is 0 Å². The van der Waals surface area contributed by atoms with Crippen LogP contribution in [0.15, 0.2) is 24.3 Å². The van der Waals surface area contributed by atoms with Crippen molar-refractivity contribution in [1.82, 2.24) is 10.2 Å². The predicted molar refractivity (Wildman–Crippen MR) is 69.9 cm³/mol. The summed E-state index contributed by atoms with van der Waals surface area (Å²) in [5.74, 6) is 1.54. The second-order valence-corrected chi connectivity index (χ2v) is 3.88. The molecule has 0 aliphatic heterocycles. The molecule has 0 fully saturated rings. The molecule has 0 saturated carbocycles. The lowest BCUT2D eigenvalue weighted by molar-refractivity contribution is 0.404. The fourth-order valence-electron chi connectivity index (χ4n) is 1.80. The molecule has 0 amide bonds. The number of nitrogens with two attached hydrogens (primary N) is 1. The maximum Gasteiger partial charge on any atom is 0.128 e. The van der Waals surface area contributed by atoms with Crippen LogP contribution in [0.2, 0.25) is 0 Å². The number of methoxy groups -OCH3 is 2. The van der Waals surface area contributed by atoms with Crippen LogP contribution in [-0.2, 0) is 6.42 Å². The van der Waals surface area contributed by atoms with E-state index in [4.69, 9.17) is 15.2 Å². The zero-order valence-corrected chi connectivity index (χ0v) is 10.6. The van der Waals surface area contributed by atoms with E-state index in [1.54, 1.807) is 14.2 Å². The van der Waals surface area contributed by atoms with Crippen molar-refractivity contribution >= 4 is 0 Å². The van der Waals surface area contributed by atoms with Gasteiger partial charge < -0.3 is 15.2 Å². The van der Waals surface area contributed by atoms with Gasteiger partial charge in [0.1, 0.15) is 11.5 Å². The minimum absolute atomic E-state index is 0.594.